The van der Waals surface area contributed by atoms with Gasteiger partial charge < -0.3 is 24.3 Å². The largest absolute Gasteiger partial charge is 0.463 e. The van der Waals surface area contributed by atoms with Crippen LogP contribution in [0.15, 0.2) is 6.33 Å². The number of carbonyl (C=O) groups is 3. The summed E-state index contributed by atoms with van der Waals surface area (Å²) in [4.78, 5) is 48.7. The molecule has 0 bridgehead atoms. The second kappa shape index (κ2) is 10.4. The number of nitrogens with one attached hydrogen (secondary N) is 1. The smallest absolute Gasteiger partial charge is 0.303 e. The molecule has 2 aliphatic rings. The number of nitrogens with zero attached hydrogens (tertiary/aromatic N) is 4. The van der Waals surface area contributed by atoms with Crippen LogP contribution in [0.25, 0.3) is 11.2 Å². The number of carbonyl (C=O) groups excluding carboxylic acids is 3. The summed E-state index contributed by atoms with van der Waals surface area (Å²) in [5.74, 6) is -1.07. The van der Waals surface area contributed by atoms with Crippen LogP contribution < -0.4 is 5.32 Å². The molecule has 34 heavy (non-hydrogen) atoms. The average molecular weight is 587 g/mol. The highest BCUT2D eigenvalue weighted by molar-refractivity contribution is 14.1. The van der Waals surface area contributed by atoms with Crippen molar-refractivity contribution in [3.63, 3.8) is 0 Å². The normalized spacial score (nSPS) is 24.8. The molecule has 0 amide bonds. The van der Waals surface area contributed by atoms with Gasteiger partial charge in [-0.3, -0.25) is 19.0 Å². The van der Waals surface area contributed by atoms with Crippen LogP contribution in [0, 0.1) is 3.83 Å². The van der Waals surface area contributed by atoms with Crippen LogP contribution in [0.4, 0.5) is 5.82 Å². The molecule has 4 rings (SSSR count). The Morgan fingerprint density at radius 2 is 1.76 bits per heavy atom. The molecule has 13 heteroatoms. The first kappa shape index (κ1) is 24.6. The maximum absolute atomic E-state index is 11.9. The lowest BCUT2D eigenvalue weighted by Gasteiger charge is -2.23. The lowest BCUT2D eigenvalue weighted by Crippen LogP contribution is -2.40. The van der Waals surface area contributed by atoms with Gasteiger partial charge in [-0.15, -0.1) is 0 Å². The molecule has 1 saturated heterocycles. The summed E-state index contributed by atoms with van der Waals surface area (Å²) < 4.78 is 24.3. The zero-order chi connectivity index (χ0) is 24.4. The highest BCUT2D eigenvalue weighted by Crippen LogP contribution is 2.37. The molecule has 4 atom stereocenters. The molecule has 3 heterocycles. The summed E-state index contributed by atoms with van der Waals surface area (Å²) in [5, 5.41) is 3.46. The molecule has 2 fully saturated rings. The van der Waals surface area contributed by atoms with Gasteiger partial charge in [0, 0.05) is 49.4 Å². The fraction of sp³-hybridized carbons (Fsp3) is 0.619. The number of imidazole rings is 1. The van der Waals surface area contributed by atoms with Gasteiger partial charge in [0.1, 0.15) is 12.7 Å². The SMILES string of the molecule is CC(=O)OC[C@@H]1O[C@@H](n2cnc3c(NC4CCCC4)nc(I)nc32)[C@H](OC(C)=O)[C@@H]1OC(C)=O. The number of hydrogen-bond acceptors (Lipinski definition) is 11. The maximum atomic E-state index is 11.9. The average Bonchev–Trinajstić information content (AvgIpc) is 3.46. The zero-order valence-corrected chi connectivity index (χ0v) is 21.2. The number of fused-ring (bicyclic) bond motifs is 1. The standard InChI is InChI=1S/C21H26IN5O7/c1-10(28)31-8-14-16(32-11(2)29)17(33-12(3)30)20(34-14)27-9-23-15-18(24-13-6-4-5-7-13)25-21(22)26-19(15)27/h9,13-14,16-17,20H,4-8H2,1-3H3,(H,24,25,26)/t14-,16+,17+,20+/m0/s1. The molecule has 1 aliphatic carbocycles. The summed E-state index contributed by atoms with van der Waals surface area (Å²) >= 11 is 2.03. The monoisotopic (exact) mass is 587 g/mol. The van der Waals surface area contributed by atoms with Crippen LogP contribution in [0.1, 0.15) is 52.7 Å². The van der Waals surface area contributed by atoms with E-state index in [1.807, 2.05) is 22.6 Å². The van der Waals surface area contributed by atoms with Crippen molar-refractivity contribution >= 4 is 57.5 Å². The molecular formula is C21H26IN5O7. The summed E-state index contributed by atoms with van der Waals surface area (Å²) in [6.45, 7) is 3.57. The Bertz CT molecular complexity index is 1090. The van der Waals surface area contributed by atoms with Crippen LogP contribution in [0.5, 0.6) is 0 Å². The van der Waals surface area contributed by atoms with E-state index in [2.05, 4.69) is 20.3 Å². The van der Waals surface area contributed by atoms with Crippen molar-refractivity contribution in [3.05, 3.63) is 10.2 Å². The summed E-state index contributed by atoms with van der Waals surface area (Å²) in [6.07, 6.45) is 2.17. The molecular weight excluding hydrogens is 561 g/mol. The van der Waals surface area contributed by atoms with E-state index in [1.165, 1.54) is 39.9 Å². The van der Waals surface area contributed by atoms with Gasteiger partial charge >= 0.3 is 17.9 Å². The van der Waals surface area contributed by atoms with Gasteiger partial charge in [-0.05, 0) is 12.8 Å². The van der Waals surface area contributed by atoms with Gasteiger partial charge in [0.2, 0.25) is 0 Å². The lowest BCUT2D eigenvalue weighted by molar-refractivity contribution is -0.166. The number of esters is 3. The highest BCUT2D eigenvalue weighted by atomic mass is 127. The molecule has 1 aliphatic heterocycles. The molecule has 12 nitrogen and oxygen atoms in total. The van der Waals surface area contributed by atoms with E-state index in [0.717, 1.165) is 12.8 Å². The van der Waals surface area contributed by atoms with E-state index in [-0.39, 0.29) is 6.61 Å². The second-order valence-corrected chi connectivity index (χ2v) is 9.27. The van der Waals surface area contributed by atoms with Crippen LogP contribution in [0.2, 0.25) is 0 Å². The first-order chi connectivity index (χ1) is 16.2. The van der Waals surface area contributed by atoms with Crippen molar-refractivity contribution in [2.45, 2.75) is 77.0 Å². The minimum Gasteiger partial charge on any atom is -0.463 e. The third-order valence-electron chi connectivity index (χ3n) is 5.70. The van der Waals surface area contributed by atoms with Gasteiger partial charge in [0.05, 0.1) is 6.33 Å². The Morgan fingerprint density at radius 1 is 1.09 bits per heavy atom. The van der Waals surface area contributed by atoms with Crippen LogP contribution in [0.3, 0.4) is 0 Å². The Balaban J connectivity index is 1.71. The van der Waals surface area contributed by atoms with Gasteiger partial charge in [-0.2, -0.15) is 0 Å². The van der Waals surface area contributed by atoms with E-state index in [1.54, 1.807) is 4.57 Å². The maximum Gasteiger partial charge on any atom is 0.303 e. The molecule has 1 N–H and O–H groups in total. The Labute approximate surface area is 209 Å². The highest BCUT2D eigenvalue weighted by Gasteiger charge is 2.51. The number of rotatable bonds is 7. The first-order valence-electron chi connectivity index (χ1n) is 11.0. The van der Waals surface area contributed by atoms with Crippen molar-refractivity contribution in [1.29, 1.82) is 0 Å². The molecule has 184 valence electrons. The predicted octanol–water partition coefficient (Wildman–Crippen LogP) is 2.11. The first-order valence-corrected chi connectivity index (χ1v) is 12.1. The molecule has 0 spiro atoms. The molecule has 1 saturated carbocycles. The third-order valence-corrected chi connectivity index (χ3v) is 6.19. The minimum atomic E-state index is -1.02. The number of anilines is 1. The fourth-order valence-corrected chi connectivity index (χ4v) is 4.83. The lowest BCUT2D eigenvalue weighted by atomic mass is 10.1. The number of aromatic nitrogens is 4. The summed E-state index contributed by atoms with van der Waals surface area (Å²) in [6, 6.07) is 0.317. The molecule has 0 radical (unpaired) electrons. The number of halogens is 1. The number of hydrogen-bond donors (Lipinski definition) is 1. The third kappa shape index (κ3) is 5.40. The van der Waals surface area contributed by atoms with Gasteiger partial charge in [0.15, 0.2) is 39.2 Å². The molecule has 0 aromatic carbocycles. The van der Waals surface area contributed by atoms with Crippen molar-refractivity contribution in [2.24, 2.45) is 0 Å². The minimum absolute atomic E-state index is 0.185. The topological polar surface area (TPSA) is 144 Å². The number of ether oxygens (including phenoxy) is 4. The Kier molecular flexibility index (Phi) is 7.50. The van der Waals surface area contributed by atoms with E-state index >= 15 is 0 Å². The summed E-state index contributed by atoms with van der Waals surface area (Å²) in [5.41, 5.74) is 1.02. The predicted molar refractivity (Wildman–Crippen MR) is 126 cm³/mol. The molecule has 2 aromatic heterocycles. The fourth-order valence-electron chi connectivity index (χ4n) is 4.36. The van der Waals surface area contributed by atoms with Crippen LogP contribution in [-0.2, 0) is 33.3 Å². The van der Waals surface area contributed by atoms with Gasteiger partial charge in [-0.25, -0.2) is 15.0 Å². The Morgan fingerprint density at radius 3 is 2.41 bits per heavy atom. The van der Waals surface area contributed by atoms with E-state index in [4.69, 9.17) is 18.9 Å². The van der Waals surface area contributed by atoms with Crippen molar-refractivity contribution in [1.82, 2.24) is 19.5 Å². The quantitative estimate of drug-likeness (QED) is 0.220. The van der Waals surface area contributed by atoms with Crippen LogP contribution >= 0.6 is 22.6 Å². The van der Waals surface area contributed by atoms with Crippen LogP contribution in [-0.4, -0.2) is 68.4 Å². The zero-order valence-electron chi connectivity index (χ0n) is 19.0. The molecule has 2 aromatic rings. The molecule has 0 unspecified atom stereocenters. The second-order valence-electron chi connectivity index (χ2n) is 8.31. The summed E-state index contributed by atoms with van der Waals surface area (Å²) in [7, 11) is 0. The van der Waals surface area contributed by atoms with E-state index in [9.17, 15) is 14.4 Å². The van der Waals surface area contributed by atoms with Crippen molar-refractivity contribution < 1.29 is 33.3 Å². The van der Waals surface area contributed by atoms with E-state index < -0.39 is 42.4 Å². The Hall–Kier alpha value is -2.55. The van der Waals surface area contributed by atoms with Gasteiger partial charge in [-0.1, -0.05) is 12.8 Å². The van der Waals surface area contributed by atoms with Crippen molar-refractivity contribution in [2.75, 3.05) is 11.9 Å². The van der Waals surface area contributed by atoms with Crippen molar-refractivity contribution in [3.8, 4) is 0 Å². The van der Waals surface area contributed by atoms with Gasteiger partial charge in [0.25, 0.3) is 0 Å². The van der Waals surface area contributed by atoms with E-state index in [0.29, 0.717) is 26.9 Å².